The van der Waals surface area contributed by atoms with E-state index in [1.54, 1.807) is 24.4 Å². The lowest BCUT2D eigenvalue weighted by Crippen LogP contribution is -2.06. The average molecular weight is 356 g/mol. The van der Waals surface area contributed by atoms with Crippen LogP contribution in [0.5, 0.6) is 0 Å². The number of pyridine rings is 1. The van der Waals surface area contributed by atoms with Crippen molar-refractivity contribution in [1.29, 1.82) is 5.26 Å². The molecule has 0 spiro atoms. The number of hydrogen-bond acceptors (Lipinski definition) is 4. The van der Waals surface area contributed by atoms with Crippen molar-refractivity contribution in [2.45, 2.75) is 0 Å². The normalized spacial score (nSPS) is 11.3. The van der Waals surface area contributed by atoms with E-state index < -0.39 is 0 Å². The van der Waals surface area contributed by atoms with Gasteiger partial charge in [-0.1, -0.05) is 58.7 Å². The number of aromatic nitrogens is 1. The Morgan fingerprint density at radius 3 is 2.83 bits per heavy atom. The summed E-state index contributed by atoms with van der Waals surface area (Å²) < 4.78 is 0. The van der Waals surface area contributed by atoms with E-state index in [1.807, 2.05) is 36.4 Å². The van der Waals surface area contributed by atoms with Crippen LogP contribution in [-0.2, 0) is 4.84 Å². The van der Waals surface area contributed by atoms with Gasteiger partial charge in [-0.05, 0) is 18.2 Å². The average Bonchev–Trinajstić information content (AvgIpc) is 2.61. The summed E-state index contributed by atoms with van der Waals surface area (Å²) >= 11 is 12.4. The zero-order valence-electron chi connectivity index (χ0n) is 12.4. The lowest BCUT2D eigenvalue weighted by molar-refractivity contribution is 0.179. The molecule has 0 fully saturated rings. The number of oxime groups is 1. The maximum Gasteiger partial charge on any atom is 0.202 e. The van der Waals surface area contributed by atoms with E-state index in [4.69, 9.17) is 33.3 Å². The molecule has 0 unspecified atom stereocenters. The van der Waals surface area contributed by atoms with Crippen LogP contribution in [0.3, 0.4) is 0 Å². The molecule has 0 saturated heterocycles. The third kappa shape index (κ3) is 3.33. The van der Waals surface area contributed by atoms with E-state index in [0.717, 1.165) is 16.5 Å². The zero-order valence-corrected chi connectivity index (χ0v) is 13.9. The molecule has 0 aliphatic heterocycles. The van der Waals surface area contributed by atoms with Crippen LogP contribution in [0.1, 0.15) is 11.1 Å². The van der Waals surface area contributed by atoms with Gasteiger partial charge in [0.2, 0.25) is 6.61 Å². The summed E-state index contributed by atoms with van der Waals surface area (Å²) in [6, 6.07) is 16.8. The van der Waals surface area contributed by atoms with Crippen LogP contribution in [0, 0.1) is 11.3 Å². The second kappa shape index (κ2) is 7.31. The first kappa shape index (κ1) is 16.3. The van der Waals surface area contributed by atoms with Crippen molar-refractivity contribution in [2.75, 3.05) is 6.61 Å². The Bertz CT molecular complexity index is 964. The zero-order chi connectivity index (χ0) is 16.9. The minimum Gasteiger partial charge on any atom is -0.380 e. The van der Waals surface area contributed by atoms with Crippen LogP contribution in [-0.4, -0.2) is 17.3 Å². The highest BCUT2D eigenvalue weighted by Gasteiger charge is 2.15. The summed E-state index contributed by atoms with van der Waals surface area (Å²) in [5.41, 5.74) is 2.67. The van der Waals surface area contributed by atoms with E-state index >= 15 is 0 Å². The summed E-state index contributed by atoms with van der Waals surface area (Å²) in [6.07, 6.45) is 1.69. The van der Waals surface area contributed by atoms with Gasteiger partial charge < -0.3 is 4.84 Å². The van der Waals surface area contributed by atoms with Gasteiger partial charge in [-0.2, -0.15) is 5.26 Å². The largest absolute Gasteiger partial charge is 0.380 e. The molecule has 0 atom stereocenters. The molecule has 0 N–H and O–H groups in total. The molecular weight excluding hydrogens is 345 g/mol. The van der Waals surface area contributed by atoms with Crippen LogP contribution in [0.2, 0.25) is 10.0 Å². The van der Waals surface area contributed by atoms with Gasteiger partial charge in [0.15, 0.2) is 0 Å². The SMILES string of the molecule is N#CCON=C(c1cnc2ccccc2c1)c1cccc(Cl)c1Cl. The van der Waals surface area contributed by atoms with Crippen LogP contribution in [0.25, 0.3) is 10.9 Å². The van der Waals surface area contributed by atoms with Gasteiger partial charge in [-0.3, -0.25) is 4.98 Å². The molecule has 3 rings (SSSR count). The molecule has 0 bridgehead atoms. The fourth-order valence-electron chi connectivity index (χ4n) is 2.27. The molecule has 1 aromatic heterocycles. The number of fused-ring (bicyclic) bond motifs is 1. The third-order valence-corrected chi connectivity index (χ3v) is 4.17. The molecule has 4 nitrogen and oxygen atoms in total. The van der Waals surface area contributed by atoms with Crippen LogP contribution >= 0.6 is 23.2 Å². The number of halogens is 2. The first-order valence-electron chi connectivity index (χ1n) is 7.07. The predicted octanol–water partition coefficient (Wildman–Crippen LogP) is 4.83. The van der Waals surface area contributed by atoms with Crippen LogP contribution < -0.4 is 0 Å². The maximum atomic E-state index is 8.66. The van der Waals surface area contributed by atoms with Gasteiger partial charge in [0.05, 0.1) is 15.6 Å². The fraction of sp³-hybridized carbons (Fsp3) is 0.0556. The molecule has 0 aliphatic carbocycles. The van der Waals surface area contributed by atoms with Crippen molar-refractivity contribution in [3.63, 3.8) is 0 Å². The highest BCUT2D eigenvalue weighted by atomic mass is 35.5. The number of nitrogens with zero attached hydrogens (tertiary/aromatic N) is 3. The number of hydrogen-bond donors (Lipinski definition) is 0. The number of benzene rings is 2. The summed E-state index contributed by atoms with van der Waals surface area (Å²) in [4.78, 5) is 9.49. The van der Waals surface area contributed by atoms with Crippen LogP contribution in [0.4, 0.5) is 0 Å². The smallest absolute Gasteiger partial charge is 0.202 e. The van der Waals surface area contributed by atoms with Crippen molar-refractivity contribution >= 4 is 39.8 Å². The lowest BCUT2D eigenvalue weighted by Gasteiger charge is -2.10. The second-order valence-electron chi connectivity index (χ2n) is 4.89. The molecule has 2 aromatic carbocycles. The minimum atomic E-state index is -0.164. The second-order valence-corrected chi connectivity index (χ2v) is 5.67. The van der Waals surface area contributed by atoms with Crippen molar-refractivity contribution in [3.8, 4) is 6.07 Å². The van der Waals surface area contributed by atoms with Crippen LogP contribution in [0.15, 0.2) is 59.9 Å². The highest BCUT2D eigenvalue weighted by molar-refractivity contribution is 6.44. The van der Waals surface area contributed by atoms with Gasteiger partial charge in [0.25, 0.3) is 0 Å². The van der Waals surface area contributed by atoms with Crippen molar-refractivity contribution in [1.82, 2.24) is 4.98 Å². The summed E-state index contributed by atoms with van der Waals surface area (Å²) in [6.45, 7) is -0.164. The molecule has 6 heteroatoms. The predicted molar refractivity (Wildman–Crippen MR) is 95.4 cm³/mol. The van der Waals surface area contributed by atoms with E-state index in [1.165, 1.54) is 0 Å². The number of nitriles is 1. The molecule has 118 valence electrons. The Balaban J connectivity index is 2.15. The lowest BCUT2D eigenvalue weighted by atomic mass is 10.0. The summed E-state index contributed by atoms with van der Waals surface area (Å²) in [7, 11) is 0. The van der Waals surface area contributed by atoms with Crippen molar-refractivity contribution in [2.24, 2.45) is 5.16 Å². The molecule has 0 aliphatic rings. The quantitative estimate of drug-likeness (QED) is 0.382. The first-order valence-corrected chi connectivity index (χ1v) is 7.83. The Morgan fingerprint density at radius 2 is 2.00 bits per heavy atom. The minimum absolute atomic E-state index is 0.164. The van der Waals surface area contributed by atoms with E-state index in [-0.39, 0.29) is 6.61 Å². The van der Waals surface area contributed by atoms with Crippen molar-refractivity contribution < 1.29 is 4.84 Å². The molecular formula is C18H11Cl2N3O. The monoisotopic (exact) mass is 355 g/mol. The molecule has 24 heavy (non-hydrogen) atoms. The highest BCUT2D eigenvalue weighted by Crippen LogP contribution is 2.28. The third-order valence-electron chi connectivity index (χ3n) is 3.36. The molecule has 0 radical (unpaired) electrons. The van der Waals surface area contributed by atoms with Gasteiger partial charge in [-0.25, -0.2) is 0 Å². The van der Waals surface area contributed by atoms with Crippen molar-refractivity contribution in [3.05, 3.63) is 75.9 Å². The van der Waals surface area contributed by atoms with E-state index in [0.29, 0.717) is 21.3 Å². The first-order chi connectivity index (χ1) is 11.7. The van der Waals surface area contributed by atoms with E-state index in [2.05, 4.69) is 10.1 Å². The molecule has 1 heterocycles. The van der Waals surface area contributed by atoms with E-state index in [9.17, 15) is 0 Å². The maximum absolute atomic E-state index is 8.66. The Morgan fingerprint density at radius 1 is 1.17 bits per heavy atom. The summed E-state index contributed by atoms with van der Waals surface area (Å²) in [5, 5.41) is 14.5. The Kier molecular flexibility index (Phi) is 4.95. The van der Waals surface area contributed by atoms with Gasteiger partial charge in [-0.15, -0.1) is 0 Å². The standard InChI is InChI=1S/C18H11Cl2N3O/c19-15-6-3-5-14(17(15)20)18(23-24-9-8-21)13-10-12-4-1-2-7-16(12)22-11-13/h1-7,10-11H,9H2. The Labute approximate surface area is 148 Å². The van der Waals surface area contributed by atoms with Gasteiger partial charge in [0, 0.05) is 22.7 Å². The molecule has 0 saturated carbocycles. The molecule has 3 aromatic rings. The van der Waals surface area contributed by atoms with Gasteiger partial charge >= 0.3 is 0 Å². The molecule has 0 amide bonds. The number of rotatable bonds is 4. The topological polar surface area (TPSA) is 58.3 Å². The summed E-state index contributed by atoms with van der Waals surface area (Å²) in [5.74, 6) is 0. The fourth-order valence-corrected chi connectivity index (χ4v) is 2.66. The van der Waals surface area contributed by atoms with Gasteiger partial charge in [0.1, 0.15) is 11.8 Å². The number of para-hydroxylation sites is 1. The Hall–Kier alpha value is -2.61.